The Morgan fingerprint density at radius 2 is 2.06 bits per heavy atom. The number of esters is 1. The van der Waals surface area contributed by atoms with Crippen LogP contribution < -0.4 is 0 Å². The zero-order valence-electron chi connectivity index (χ0n) is 10.6. The second kappa shape index (κ2) is 3.81. The number of rotatable bonds is 2. The Bertz CT molecular complexity index is 428. The summed E-state index contributed by atoms with van der Waals surface area (Å²) in [5, 5.41) is 0. The number of carbonyl (C=O) groups is 1. The summed E-state index contributed by atoms with van der Waals surface area (Å²) in [6.45, 7) is 0. The molecule has 0 spiro atoms. The summed E-state index contributed by atoms with van der Waals surface area (Å²) in [4.78, 5) is 11.9. The lowest BCUT2D eigenvalue weighted by molar-refractivity contribution is -0.136. The van der Waals surface area contributed by atoms with E-state index in [1.54, 1.807) is 0 Å². The van der Waals surface area contributed by atoms with Gasteiger partial charge < -0.3 is 14.2 Å². The van der Waals surface area contributed by atoms with Gasteiger partial charge in [0, 0.05) is 5.57 Å². The van der Waals surface area contributed by atoms with Gasteiger partial charge in [0.05, 0.1) is 25.4 Å². The molecule has 2 aliphatic heterocycles. The molecule has 5 atom stereocenters. The van der Waals surface area contributed by atoms with E-state index in [0.717, 1.165) is 37.7 Å². The molecule has 0 aromatic heterocycles. The first-order chi connectivity index (χ1) is 8.78. The fourth-order valence-electron chi connectivity index (χ4n) is 3.75. The number of epoxide rings is 2. The van der Waals surface area contributed by atoms with Crippen LogP contribution in [0.2, 0.25) is 0 Å². The SMILES string of the molecule is COC(=O)C1=C(C2CCC3OC3C2)C2OC2CC1. The van der Waals surface area contributed by atoms with E-state index in [4.69, 9.17) is 14.2 Å². The standard InChI is InChI=1S/C14H18O4/c1-16-14(15)8-3-5-10-13(18-10)12(8)7-2-4-9-11(6-7)17-9/h7,9-11,13H,2-6H2,1H3. The van der Waals surface area contributed by atoms with Gasteiger partial charge in [-0.3, -0.25) is 0 Å². The summed E-state index contributed by atoms with van der Waals surface area (Å²) >= 11 is 0. The van der Waals surface area contributed by atoms with Gasteiger partial charge in [0.15, 0.2) is 0 Å². The van der Waals surface area contributed by atoms with Crippen LogP contribution in [0.25, 0.3) is 0 Å². The molecule has 98 valence electrons. The molecule has 4 rings (SSSR count). The Morgan fingerprint density at radius 1 is 1.17 bits per heavy atom. The first-order valence-corrected chi connectivity index (χ1v) is 6.90. The third-order valence-electron chi connectivity index (χ3n) is 4.79. The summed E-state index contributed by atoms with van der Waals surface area (Å²) in [5.41, 5.74) is 2.13. The Labute approximate surface area is 106 Å². The predicted octanol–water partition coefficient (Wildman–Crippen LogP) is 1.58. The summed E-state index contributed by atoms with van der Waals surface area (Å²) in [5.74, 6) is 0.316. The van der Waals surface area contributed by atoms with Crippen molar-refractivity contribution in [1.82, 2.24) is 0 Å². The number of hydrogen-bond donors (Lipinski definition) is 0. The van der Waals surface area contributed by atoms with E-state index in [-0.39, 0.29) is 12.1 Å². The monoisotopic (exact) mass is 250 g/mol. The molecule has 5 unspecified atom stereocenters. The van der Waals surface area contributed by atoms with Crippen LogP contribution in [0.4, 0.5) is 0 Å². The molecule has 0 N–H and O–H groups in total. The molecule has 1 saturated carbocycles. The molecule has 3 fully saturated rings. The van der Waals surface area contributed by atoms with Crippen molar-refractivity contribution in [2.24, 2.45) is 5.92 Å². The average Bonchev–Trinajstić information content (AvgIpc) is 3.27. The quantitative estimate of drug-likeness (QED) is 0.551. The van der Waals surface area contributed by atoms with Crippen molar-refractivity contribution in [1.29, 1.82) is 0 Å². The summed E-state index contributed by atoms with van der Waals surface area (Å²) in [7, 11) is 1.47. The van der Waals surface area contributed by atoms with Gasteiger partial charge in [-0.05, 0) is 43.6 Å². The maximum absolute atomic E-state index is 11.9. The number of ether oxygens (including phenoxy) is 3. The maximum atomic E-state index is 11.9. The van der Waals surface area contributed by atoms with Crippen molar-refractivity contribution in [3.05, 3.63) is 11.1 Å². The minimum atomic E-state index is -0.155. The van der Waals surface area contributed by atoms with Gasteiger partial charge in [0.25, 0.3) is 0 Å². The van der Waals surface area contributed by atoms with Crippen molar-refractivity contribution >= 4 is 5.97 Å². The van der Waals surface area contributed by atoms with Gasteiger partial charge in [-0.25, -0.2) is 4.79 Å². The summed E-state index contributed by atoms with van der Waals surface area (Å²) < 4.78 is 16.2. The summed E-state index contributed by atoms with van der Waals surface area (Å²) in [6, 6.07) is 0. The normalized spacial score (nSPS) is 45.1. The average molecular weight is 250 g/mol. The van der Waals surface area contributed by atoms with Crippen LogP contribution in [0.15, 0.2) is 11.1 Å². The van der Waals surface area contributed by atoms with E-state index in [1.165, 1.54) is 12.7 Å². The lowest BCUT2D eigenvalue weighted by atomic mass is 9.77. The summed E-state index contributed by atoms with van der Waals surface area (Å²) in [6.07, 6.45) is 6.61. The Morgan fingerprint density at radius 3 is 2.83 bits per heavy atom. The van der Waals surface area contributed by atoms with Crippen molar-refractivity contribution in [3.63, 3.8) is 0 Å². The van der Waals surface area contributed by atoms with Crippen LogP contribution in [0.1, 0.15) is 32.1 Å². The number of carbonyl (C=O) groups excluding carboxylic acids is 1. The van der Waals surface area contributed by atoms with E-state index in [1.807, 2.05) is 0 Å². The third-order valence-corrected chi connectivity index (χ3v) is 4.79. The molecule has 4 aliphatic rings. The van der Waals surface area contributed by atoms with Gasteiger partial charge >= 0.3 is 5.97 Å². The first kappa shape index (κ1) is 11.0. The molecule has 4 nitrogen and oxygen atoms in total. The van der Waals surface area contributed by atoms with Crippen molar-refractivity contribution in [2.45, 2.75) is 56.5 Å². The Balaban J connectivity index is 1.64. The molecule has 18 heavy (non-hydrogen) atoms. The van der Waals surface area contributed by atoms with E-state index in [2.05, 4.69) is 0 Å². The third kappa shape index (κ3) is 1.62. The molecule has 0 radical (unpaired) electrons. The van der Waals surface area contributed by atoms with E-state index in [0.29, 0.717) is 24.2 Å². The fraction of sp³-hybridized carbons (Fsp3) is 0.786. The molecule has 0 aromatic rings. The topological polar surface area (TPSA) is 51.4 Å². The Hall–Kier alpha value is -0.870. The molecular formula is C14H18O4. The van der Waals surface area contributed by atoms with E-state index < -0.39 is 0 Å². The van der Waals surface area contributed by atoms with Crippen LogP contribution in [0.3, 0.4) is 0 Å². The second-order valence-corrected chi connectivity index (χ2v) is 5.78. The van der Waals surface area contributed by atoms with E-state index in [9.17, 15) is 4.79 Å². The molecular weight excluding hydrogens is 232 g/mol. The van der Waals surface area contributed by atoms with Gasteiger partial charge in [0.1, 0.15) is 6.10 Å². The lowest BCUT2D eigenvalue weighted by Crippen LogP contribution is -2.25. The maximum Gasteiger partial charge on any atom is 0.333 e. The molecule has 2 saturated heterocycles. The molecule has 4 heteroatoms. The van der Waals surface area contributed by atoms with Crippen LogP contribution in [-0.4, -0.2) is 37.5 Å². The van der Waals surface area contributed by atoms with Gasteiger partial charge in [0.2, 0.25) is 0 Å². The van der Waals surface area contributed by atoms with Gasteiger partial charge in [-0.15, -0.1) is 0 Å². The molecule has 0 bridgehead atoms. The molecule has 0 amide bonds. The molecule has 2 heterocycles. The smallest absolute Gasteiger partial charge is 0.333 e. The van der Waals surface area contributed by atoms with Crippen LogP contribution in [0.5, 0.6) is 0 Å². The minimum absolute atomic E-state index is 0.155. The highest BCUT2D eigenvalue weighted by Gasteiger charge is 2.52. The minimum Gasteiger partial charge on any atom is -0.466 e. The lowest BCUT2D eigenvalue weighted by Gasteiger charge is -2.25. The molecule has 0 aromatic carbocycles. The second-order valence-electron chi connectivity index (χ2n) is 5.78. The first-order valence-electron chi connectivity index (χ1n) is 6.90. The van der Waals surface area contributed by atoms with Crippen LogP contribution in [-0.2, 0) is 19.0 Å². The fourth-order valence-corrected chi connectivity index (χ4v) is 3.75. The largest absolute Gasteiger partial charge is 0.466 e. The van der Waals surface area contributed by atoms with Crippen molar-refractivity contribution < 1.29 is 19.0 Å². The highest BCUT2D eigenvalue weighted by molar-refractivity contribution is 5.90. The zero-order valence-corrected chi connectivity index (χ0v) is 10.6. The molecule has 2 aliphatic carbocycles. The Kier molecular flexibility index (Phi) is 2.33. The highest BCUT2D eigenvalue weighted by Crippen LogP contribution is 2.50. The van der Waals surface area contributed by atoms with Crippen molar-refractivity contribution in [3.8, 4) is 0 Å². The van der Waals surface area contributed by atoms with E-state index >= 15 is 0 Å². The van der Waals surface area contributed by atoms with Crippen LogP contribution in [0, 0.1) is 5.92 Å². The number of fused-ring (bicyclic) bond motifs is 2. The van der Waals surface area contributed by atoms with Crippen molar-refractivity contribution in [2.75, 3.05) is 7.11 Å². The predicted molar refractivity (Wildman–Crippen MR) is 62.9 cm³/mol. The van der Waals surface area contributed by atoms with Gasteiger partial charge in [-0.1, -0.05) is 0 Å². The highest BCUT2D eigenvalue weighted by atomic mass is 16.6. The zero-order chi connectivity index (χ0) is 12.3. The van der Waals surface area contributed by atoms with Crippen LogP contribution >= 0.6 is 0 Å². The number of methoxy groups -OCH3 is 1. The number of hydrogen-bond acceptors (Lipinski definition) is 4. The van der Waals surface area contributed by atoms with Gasteiger partial charge in [-0.2, -0.15) is 0 Å².